The standard InChI is InChI=1S/C15H22N4O4S.ClH/c1-10(17-2)8-18-15(21)11-6-14(20)19(9-11)12-4-3-5-13(7-12)24(16,22)23;/h3-5,7,10-11,17H,6,8-9H2,1-2H3,(H,18,21)(H2,16,22,23);1H. The normalized spacial score (nSPS) is 18.6. The van der Waals surface area contributed by atoms with E-state index in [1.54, 1.807) is 13.1 Å². The predicted molar refractivity (Wildman–Crippen MR) is 97.1 cm³/mol. The van der Waals surface area contributed by atoms with Crippen LogP contribution in [0.5, 0.6) is 0 Å². The highest BCUT2D eigenvalue weighted by molar-refractivity contribution is 7.89. The molecule has 2 rings (SSSR count). The van der Waals surface area contributed by atoms with Crippen LogP contribution in [0.3, 0.4) is 0 Å². The number of hydrogen-bond acceptors (Lipinski definition) is 5. The third-order valence-electron chi connectivity index (χ3n) is 4.03. The average Bonchev–Trinajstić information content (AvgIpc) is 2.93. The van der Waals surface area contributed by atoms with Crippen molar-refractivity contribution in [2.24, 2.45) is 11.1 Å². The van der Waals surface area contributed by atoms with E-state index >= 15 is 0 Å². The molecule has 1 aliphatic heterocycles. The van der Waals surface area contributed by atoms with Crippen LogP contribution in [0.15, 0.2) is 29.2 Å². The number of hydrogen-bond donors (Lipinski definition) is 3. The van der Waals surface area contributed by atoms with Crippen LogP contribution < -0.4 is 20.7 Å². The Morgan fingerprint density at radius 2 is 2.12 bits per heavy atom. The van der Waals surface area contributed by atoms with E-state index < -0.39 is 15.9 Å². The molecule has 1 aromatic carbocycles. The summed E-state index contributed by atoms with van der Waals surface area (Å²) in [4.78, 5) is 25.7. The minimum absolute atomic E-state index is 0. The van der Waals surface area contributed by atoms with Gasteiger partial charge < -0.3 is 15.5 Å². The van der Waals surface area contributed by atoms with E-state index in [-0.39, 0.29) is 48.1 Å². The molecule has 1 fully saturated rings. The molecule has 8 nitrogen and oxygen atoms in total. The molecule has 140 valence electrons. The zero-order valence-corrected chi connectivity index (χ0v) is 15.7. The number of nitrogens with one attached hydrogen (secondary N) is 2. The van der Waals surface area contributed by atoms with Crippen LogP contribution in [-0.2, 0) is 19.6 Å². The van der Waals surface area contributed by atoms with Crippen molar-refractivity contribution < 1.29 is 18.0 Å². The van der Waals surface area contributed by atoms with Crippen LogP contribution in [0, 0.1) is 5.92 Å². The van der Waals surface area contributed by atoms with Gasteiger partial charge in [-0.05, 0) is 32.2 Å². The molecule has 1 saturated heterocycles. The van der Waals surface area contributed by atoms with Gasteiger partial charge in [0.05, 0.1) is 10.8 Å². The molecule has 1 aromatic rings. The Morgan fingerprint density at radius 1 is 1.44 bits per heavy atom. The second kappa shape index (κ2) is 8.61. The Kier molecular flexibility index (Phi) is 7.36. The van der Waals surface area contributed by atoms with E-state index in [0.29, 0.717) is 12.2 Å². The van der Waals surface area contributed by atoms with Crippen LogP contribution in [0.1, 0.15) is 13.3 Å². The predicted octanol–water partition coefficient (Wildman–Crippen LogP) is -0.167. The van der Waals surface area contributed by atoms with Gasteiger partial charge in [-0.15, -0.1) is 12.4 Å². The lowest BCUT2D eigenvalue weighted by Crippen LogP contribution is -2.40. The van der Waals surface area contributed by atoms with E-state index in [1.165, 1.54) is 23.1 Å². The minimum Gasteiger partial charge on any atom is -0.354 e. The van der Waals surface area contributed by atoms with Crippen LogP contribution >= 0.6 is 12.4 Å². The van der Waals surface area contributed by atoms with Crippen molar-refractivity contribution >= 4 is 39.9 Å². The first-order chi connectivity index (χ1) is 11.2. The molecule has 10 heteroatoms. The van der Waals surface area contributed by atoms with Gasteiger partial charge in [0.2, 0.25) is 21.8 Å². The largest absolute Gasteiger partial charge is 0.354 e. The summed E-state index contributed by atoms with van der Waals surface area (Å²) >= 11 is 0. The maximum Gasteiger partial charge on any atom is 0.238 e. The molecule has 2 unspecified atom stereocenters. The van der Waals surface area contributed by atoms with Gasteiger partial charge in [-0.2, -0.15) is 0 Å². The molecular formula is C15H23ClN4O4S. The van der Waals surface area contributed by atoms with Crippen LogP contribution in [0.25, 0.3) is 0 Å². The summed E-state index contributed by atoms with van der Waals surface area (Å²) in [6, 6.07) is 5.98. The molecule has 2 amide bonds. The first-order valence-corrected chi connectivity index (χ1v) is 9.15. The molecule has 25 heavy (non-hydrogen) atoms. The SMILES string of the molecule is CNC(C)CNC(=O)C1CC(=O)N(c2cccc(S(N)(=O)=O)c2)C1.Cl. The summed E-state index contributed by atoms with van der Waals surface area (Å²) in [6.07, 6.45) is 0.0966. The second-order valence-corrected chi connectivity index (χ2v) is 7.44. The Bertz CT molecular complexity index is 741. The van der Waals surface area contributed by atoms with Crippen LogP contribution in [0.4, 0.5) is 5.69 Å². The van der Waals surface area contributed by atoms with Gasteiger partial charge in [0, 0.05) is 31.2 Å². The fraction of sp³-hybridized carbons (Fsp3) is 0.467. The minimum atomic E-state index is -3.85. The van der Waals surface area contributed by atoms with E-state index in [4.69, 9.17) is 5.14 Å². The lowest BCUT2D eigenvalue weighted by atomic mass is 10.1. The number of primary sulfonamides is 1. The fourth-order valence-corrected chi connectivity index (χ4v) is 3.01. The van der Waals surface area contributed by atoms with Crippen molar-refractivity contribution in [1.82, 2.24) is 10.6 Å². The monoisotopic (exact) mass is 390 g/mol. The second-order valence-electron chi connectivity index (χ2n) is 5.88. The molecule has 4 N–H and O–H groups in total. The Balaban J connectivity index is 0.00000312. The molecule has 0 saturated carbocycles. The maximum absolute atomic E-state index is 12.2. The first kappa shape index (κ1) is 21.4. The van der Waals surface area contributed by atoms with E-state index in [2.05, 4.69) is 10.6 Å². The number of nitrogens with zero attached hydrogens (tertiary/aromatic N) is 1. The fourth-order valence-electron chi connectivity index (χ4n) is 2.46. The summed E-state index contributed by atoms with van der Waals surface area (Å²) in [5.41, 5.74) is 0.422. The Hall–Kier alpha value is -1.68. The highest BCUT2D eigenvalue weighted by Gasteiger charge is 2.35. The molecule has 0 bridgehead atoms. The number of likely N-dealkylation sites (N-methyl/N-ethyl adjacent to an activating group) is 1. The van der Waals surface area contributed by atoms with Crippen molar-refractivity contribution in [2.45, 2.75) is 24.3 Å². The molecule has 0 aliphatic carbocycles. The van der Waals surface area contributed by atoms with Crippen molar-refractivity contribution in [3.05, 3.63) is 24.3 Å². The number of carbonyl (C=O) groups excluding carboxylic acids is 2. The van der Waals surface area contributed by atoms with Gasteiger partial charge in [0.25, 0.3) is 0 Å². The summed E-state index contributed by atoms with van der Waals surface area (Å²) in [5.74, 6) is -0.862. The number of rotatable bonds is 6. The quantitative estimate of drug-likeness (QED) is 0.622. The van der Waals surface area contributed by atoms with Gasteiger partial charge in [-0.1, -0.05) is 6.07 Å². The lowest BCUT2D eigenvalue weighted by molar-refractivity contribution is -0.126. The number of amides is 2. The zero-order chi connectivity index (χ0) is 17.9. The third-order valence-corrected chi connectivity index (χ3v) is 4.94. The van der Waals surface area contributed by atoms with Crippen LogP contribution in [0.2, 0.25) is 0 Å². The first-order valence-electron chi connectivity index (χ1n) is 7.60. The van der Waals surface area contributed by atoms with Gasteiger partial charge >= 0.3 is 0 Å². The van der Waals surface area contributed by atoms with Crippen molar-refractivity contribution in [2.75, 3.05) is 25.0 Å². The Morgan fingerprint density at radius 3 is 2.72 bits per heavy atom. The molecular weight excluding hydrogens is 368 g/mol. The molecule has 0 aromatic heterocycles. The van der Waals surface area contributed by atoms with Crippen LogP contribution in [-0.4, -0.2) is 46.4 Å². The number of anilines is 1. The lowest BCUT2D eigenvalue weighted by Gasteiger charge is -2.18. The van der Waals surface area contributed by atoms with Crippen molar-refractivity contribution in [3.8, 4) is 0 Å². The molecule has 0 radical (unpaired) electrons. The summed E-state index contributed by atoms with van der Waals surface area (Å²) in [6.45, 7) is 2.62. The third kappa shape index (κ3) is 5.40. The van der Waals surface area contributed by atoms with Crippen molar-refractivity contribution in [3.63, 3.8) is 0 Å². The van der Waals surface area contributed by atoms with Gasteiger partial charge in [-0.3, -0.25) is 9.59 Å². The zero-order valence-electron chi connectivity index (χ0n) is 14.1. The number of benzene rings is 1. The number of sulfonamides is 1. The summed E-state index contributed by atoms with van der Waals surface area (Å²) in [7, 11) is -2.05. The average molecular weight is 391 g/mol. The Labute approximate surface area is 153 Å². The van der Waals surface area contributed by atoms with Crippen molar-refractivity contribution in [1.29, 1.82) is 0 Å². The topological polar surface area (TPSA) is 122 Å². The van der Waals surface area contributed by atoms with Gasteiger partial charge in [-0.25, -0.2) is 13.6 Å². The van der Waals surface area contributed by atoms with E-state index in [1.807, 2.05) is 6.92 Å². The van der Waals surface area contributed by atoms with Gasteiger partial charge in [0.1, 0.15) is 0 Å². The number of halogens is 1. The highest BCUT2D eigenvalue weighted by atomic mass is 35.5. The number of carbonyl (C=O) groups is 2. The molecule has 1 heterocycles. The summed E-state index contributed by atoms with van der Waals surface area (Å²) in [5, 5.41) is 10.9. The molecule has 0 spiro atoms. The van der Waals surface area contributed by atoms with Gasteiger partial charge in [0.15, 0.2) is 0 Å². The molecule has 1 aliphatic rings. The number of nitrogens with two attached hydrogens (primary N) is 1. The smallest absolute Gasteiger partial charge is 0.238 e. The highest BCUT2D eigenvalue weighted by Crippen LogP contribution is 2.26. The van der Waals surface area contributed by atoms with E-state index in [0.717, 1.165) is 0 Å². The summed E-state index contributed by atoms with van der Waals surface area (Å²) < 4.78 is 22.9. The van der Waals surface area contributed by atoms with E-state index in [9.17, 15) is 18.0 Å². The maximum atomic E-state index is 12.2. The molecule has 2 atom stereocenters.